The van der Waals surface area contributed by atoms with E-state index in [1.54, 1.807) is 24.4 Å². The zero-order valence-electron chi connectivity index (χ0n) is 10.3. The van der Waals surface area contributed by atoms with Crippen molar-refractivity contribution in [1.82, 2.24) is 9.55 Å². The maximum Gasteiger partial charge on any atom is 0.306 e. The third kappa shape index (κ3) is 2.07. The van der Waals surface area contributed by atoms with Crippen LogP contribution in [0.15, 0.2) is 30.5 Å². The van der Waals surface area contributed by atoms with Gasteiger partial charge in [0.1, 0.15) is 11.6 Å². The highest BCUT2D eigenvalue weighted by molar-refractivity contribution is 5.70. The molecule has 5 heteroatoms. The first-order valence-electron chi connectivity index (χ1n) is 6.22. The largest absolute Gasteiger partial charge is 0.508 e. The molecule has 0 spiro atoms. The van der Waals surface area contributed by atoms with Gasteiger partial charge in [-0.15, -0.1) is 0 Å². The predicted molar refractivity (Wildman–Crippen MR) is 68.8 cm³/mol. The molecule has 2 N–H and O–H groups in total. The number of nitrogens with zero attached hydrogens (tertiary/aromatic N) is 2. The van der Waals surface area contributed by atoms with Gasteiger partial charge in [0.2, 0.25) is 0 Å². The van der Waals surface area contributed by atoms with Gasteiger partial charge in [-0.1, -0.05) is 12.1 Å². The molecule has 1 aromatic heterocycles. The fraction of sp³-hybridized carbons (Fsp3) is 0.286. The van der Waals surface area contributed by atoms with Crippen LogP contribution in [0.3, 0.4) is 0 Å². The third-order valence-corrected chi connectivity index (χ3v) is 3.55. The Labute approximate surface area is 110 Å². The number of carboxylic acid groups (broad SMARTS) is 1. The molecule has 0 radical (unpaired) electrons. The lowest BCUT2D eigenvalue weighted by atomic mass is 9.96. The van der Waals surface area contributed by atoms with Crippen molar-refractivity contribution >= 4 is 5.97 Å². The summed E-state index contributed by atoms with van der Waals surface area (Å²) in [4.78, 5) is 15.4. The topological polar surface area (TPSA) is 75.3 Å². The highest BCUT2D eigenvalue weighted by Gasteiger charge is 2.26. The van der Waals surface area contributed by atoms with Crippen LogP contribution in [0.1, 0.15) is 12.1 Å². The molecule has 1 aliphatic heterocycles. The van der Waals surface area contributed by atoms with Crippen LogP contribution in [0.25, 0.3) is 11.4 Å². The van der Waals surface area contributed by atoms with E-state index in [-0.39, 0.29) is 11.7 Å². The summed E-state index contributed by atoms with van der Waals surface area (Å²) in [6.07, 6.45) is 2.86. The summed E-state index contributed by atoms with van der Waals surface area (Å²) in [5.41, 5.74) is 1.79. The molecule has 1 aromatic carbocycles. The first-order chi connectivity index (χ1) is 9.15. The lowest BCUT2D eigenvalue weighted by Crippen LogP contribution is -2.25. The van der Waals surface area contributed by atoms with E-state index in [0.717, 1.165) is 17.1 Å². The Balaban J connectivity index is 1.97. The Kier molecular flexibility index (Phi) is 2.74. The smallest absolute Gasteiger partial charge is 0.306 e. The summed E-state index contributed by atoms with van der Waals surface area (Å²) in [6, 6.07) is 6.94. The number of fused-ring (bicyclic) bond motifs is 1. The summed E-state index contributed by atoms with van der Waals surface area (Å²) in [5.74, 6) is -0.0728. The summed E-state index contributed by atoms with van der Waals surface area (Å²) in [6.45, 7) is 0.650. The zero-order chi connectivity index (χ0) is 13.4. The van der Waals surface area contributed by atoms with Crippen LogP contribution < -0.4 is 0 Å². The minimum atomic E-state index is -0.744. The lowest BCUT2D eigenvalue weighted by molar-refractivity contribution is -0.142. The van der Waals surface area contributed by atoms with E-state index in [1.807, 2.05) is 10.6 Å². The second kappa shape index (κ2) is 4.42. The molecule has 0 fully saturated rings. The molecule has 1 unspecified atom stereocenters. The van der Waals surface area contributed by atoms with Crippen LogP contribution in [0, 0.1) is 5.92 Å². The monoisotopic (exact) mass is 258 g/mol. The van der Waals surface area contributed by atoms with Gasteiger partial charge in [0.25, 0.3) is 0 Å². The van der Waals surface area contributed by atoms with Crippen molar-refractivity contribution < 1.29 is 15.0 Å². The van der Waals surface area contributed by atoms with Gasteiger partial charge in [0, 0.05) is 30.4 Å². The molecule has 0 aliphatic carbocycles. The molecule has 0 saturated heterocycles. The molecule has 5 nitrogen and oxygen atoms in total. The zero-order valence-corrected chi connectivity index (χ0v) is 10.3. The van der Waals surface area contributed by atoms with Crippen molar-refractivity contribution in [2.24, 2.45) is 5.92 Å². The number of aromatic nitrogens is 2. The summed E-state index contributed by atoms with van der Waals surface area (Å²) in [5, 5.41) is 18.6. The number of aromatic hydroxyl groups is 1. The number of carboxylic acids is 1. The first-order valence-corrected chi connectivity index (χ1v) is 6.22. The Morgan fingerprint density at radius 1 is 1.42 bits per heavy atom. The van der Waals surface area contributed by atoms with Gasteiger partial charge in [0.05, 0.1) is 5.92 Å². The summed E-state index contributed by atoms with van der Waals surface area (Å²) >= 11 is 0. The van der Waals surface area contributed by atoms with Gasteiger partial charge in [-0.25, -0.2) is 4.98 Å². The van der Waals surface area contributed by atoms with E-state index in [0.29, 0.717) is 19.4 Å². The standard InChI is InChI=1S/C14H14N2O3/c17-12-3-1-2-9(7-12)13-15-8-11-6-10(14(18)19)4-5-16(11)13/h1-3,7-8,10,17H,4-6H2,(H,18,19). The molecule has 2 heterocycles. The normalized spacial score (nSPS) is 18.0. The Hall–Kier alpha value is -2.30. The molecular formula is C14H14N2O3. The fourth-order valence-electron chi connectivity index (χ4n) is 2.55. The second-order valence-electron chi connectivity index (χ2n) is 4.80. The van der Waals surface area contributed by atoms with Gasteiger partial charge < -0.3 is 14.8 Å². The van der Waals surface area contributed by atoms with Crippen molar-refractivity contribution in [1.29, 1.82) is 0 Å². The number of carbonyl (C=O) groups is 1. The number of phenolic OH excluding ortho intramolecular Hbond substituents is 1. The molecule has 0 bridgehead atoms. The van der Waals surface area contributed by atoms with Gasteiger partial charge in [-0.2, -0.15) is 0 Å². The molecule has 1 aliphatic rings. The maximum absolute atomic E-state index is 11.0. The fourth-order valence-corrected chi connectivity index (χ4v) is 2.55. The van der Waals surface area contributed by atoms with Crippen LogP contribution in [-0.4, -0.2) is 25.7 Å². The van der Waals surface area contributed by atoms with Crippen molar-refractivity contribution in [2.45, 2.75) is 19.4 Å². The molecule has 19 heavy (non-hydrogen) atoms. The number of benzene rings is 1. The average Bonchev–Trinajstić information content (AvgIpc) is 2.81. The first kappa shape index (κ1) is 11.8. The molecule has 0 amide bonds. The van der Waals surface area contributed by atoms with Crippen molar-refractivity contribution in [3.63, 3.8) is 0 Å². The Morgan fingerprint density at radius 2 is 2.26 bits per heavy atom. The van der Waals surface area contributed by atoms with Gasteiger partial charge in [0.15, 0.2) is 0 Å². The summed E-state index contributed by atoms with van der Waals surface area (Å²) < 4.78 is 2.04. The second-order valence-corrected chi connectivity index (χ2v) is 4.80. The maximum atomic E-state index is 11.0. The van der Waals surface area contributed by atoms with Crippen LogP contribution in [0.4, 0.5) is 0 Å². The van der Waals surface area contributed by atoms with Crippen LogP contribution in [0.2, 0.25) is 0 Å². The number of hydrogen-bond acceptors (Lipinski definition) is 3. The molecule has 3 rings (SSSR count). The Morgan fingerprint density at radius 3 is 3.00 bits per heavy atom. The molecule has 1 atom stereocenters. The third-order valence-electron chi connectivity index (χ3n) is 3.55. The van der Waals surface area contributed by atoms with E-state index in [2.05, 4.69) is 4.98 Å². The SMILES string of the molecule is O=C(O)C1CCn2c(cnc2-c2cccc(O)c2)C1. The van der Waals surface area contributed by atoms with Gasteiger partial charge in [-0.05, 0) is 18.6 Å². The van der Waals surface area contributed by atoms with Crippen LogP contribution in [0.5, 0.6) is 5.75 Å². The Bertz CT molecular complexity index is 633. The number of hydrogen-bond donors (Lipinski definition) is 2. The molecular weight excluding hydrogens is 244 g/mol. The average molecular weight is 258 g/mol. The quantitative estimate of drug-likeness (QED) is 0.862. The van der Waals surface area contributed by atoms with E-state index in [9.17, 15) is 9.90 Å². The van der Waals surface area contributed by atoms with Crippen LogP contribution >= 0.6 is 0 Å². The van der Waals surface area contributed by atoms with E-state index in [1.165, 1.54) is 0 Å². The molecule has 0 saturated carbocycles. The molecule has 2 aromatic rings. The lowest BCUT2D eigenvalue weighted by Gasteiger charge is -2.22. The van der Waals surface area contributed by atoms with Gasteiger partial charge in [-0.3, -0.25) is 4.79 Å². The van der Waals surface area contributed by atoms with Crippen LogP contribution in [-0.2, 0) is 17.8 Å². The number of phenols is 1. The van der Waals surface area contributed by atoms with E-state index < -0.39 is 5.97 Å². The summed E-state index contributed by atoms with van der Waals surface area (Å²) in [7, 11) is 0. The van der Waals surface area contributed by atoms with Crippen molar-refractivity contribution in [3.8, 4) is 17.1 Å². The van der Waals surface area contributed by atoms with Crippen molar-refractivity contribution in [2.75, 3.05) is 0 Å². The van der Waals surface area contributed by atoms with Crippen molar-refractivity contribution in [3.05, 3.63) is 36.2 Å². The van der Waals surface area contributed by atoms with Gasteiger partial charge >= 0.3 is 5.97 Å². The highest BCUT2D eigenvalue weighted by Crippen LogP contribution is 2.28. The minimum absolute atomic E-state index is 0.203. The minimum Gasteiger partial charge on any atom is -0.508 e. The molecule has 98 valence electrons. The van der Waals surface area contributed by atoms with E-state index in [4.69, 9.17) is 5.11 Å². The number of imidazole rings is 1. The number of aliphatic carboxylic acids is 1. The highest BCUT2D eigenvalue weighted by atomic mass is 16.4. The van der Waals surface area contributed by atoms with E-state index >= 15 is 0 Å². The predicted octanol–water partition coefficient (Wildman–Crippen LogP) is 1.90. The number of rotatable bonds is 2.